The molecule has 0 aromatic heterocycles. The van der Waals surface area contributed by atoms with E-state index in [4.69, 9.17) is 4.74 Å². The van der Waals surface area contributed by atoms with Gasteiger partial charge < -0.3 is 4.74 Å². The predicted octanol–water partition coefficient (Wildman–Crippen LogP) is 3.10. The molecule has 0 spiro atoms. The van der Waals surface area contributed by atoms with Crippen LogP contribution in [0.5, 0.6) is 0 Å². The minimum atomic E-state index is -0.265. The van der Waals surface area contributed by atoms with Crippen LogP contribution in [0.4, 0.5) is 0 Å². The second kappa shape index (κ2) is 7.36. The van der Waals surface area contributed by atoms with Crippen molar-refractivity contribution in [2.75, 3.05) is 6.61 Å². The average molecular weight is 196 g/mol. The van der Waals surface area contributed by atoms with Crippen LogP contribution in [0.15, 0.2) is 23.8 Å². The molecule has 0 aromatic rings. The van der Waals surface area contributed by atoms with Crippen molar-refractivity contribution in [3.05, 3.63) is 23.8 Å². The van der Waals surface area contributed by atoms with Crippen LogP contribution in [0.25, 0.3) is 0 Å². The van der Waals surface area contributed by atoms with Crippen LogP contribution in [-0.4, -0.2) is 12.6 Å². The molecule has 80 valence electrons. The molecule has 2 nitrogen and oxygen atoms in total. The first-order valence-electron chi connectivity index (χ1n) is 5.07. The Kier molecular flexibility index (Phi) is 6.81. The van der Waals surface area contributed by atoms with Gasteiger partial charge in [0.1, 0.15) is 0 Å². The van der Waals surface area contributed by atoms with Gasteiger partial charge in [0.05, 0.1) is 6.61 Å². The third kappa shape index (κ3) is 7.59. The molecule has 0 heterocycles. The summed E-state index contributed by atoms with van der Waals surface area (Å²) in [6.45, 7) is 8.45. The Morgan fingerprint density at radius 1 is 1.43 bits per heavy atom. The van der Waals surface area contributed by atoms with E-state index in [-0.39, 0.29) is 5.97 Å². The van der Waals surface area contributed by atoms with Crippen molar-refractivity contribution in [2.24, 2.45) is 5.92 Å². The summed E-state index contributed by atoms with van der Waals surface area (Å²) in [5, 5.41) is 0. The Morgan fingerprint density at radius 2 is 2.07 bits per heavy atom. The predicted molar refractivity (Wildman–Crippen MR) is 59.0 cm³/mol. The first kappa shape index (κ1) is 12.9. The van der Waals surface area contributed by atoms with E-state index in [1.165, 1.54) is 6.08 Å². The molecule has 0 bridgehead atoms. The van der Waals surface area contributed by atoms with Crippen molar-refractivity contribution in [3.8, 4) is 0 Å². The first-order chi connectivity index (χ1) is 6.56. The van der Waals surface area contributed by atoms with E-state index in [2.05, 4.69) is 19.9 Å². The van der Waals surface area contributed by atoms with Gasteiger partial charge in [-0.05, 0) is 31.8 Å². The molecule has 0 saturated carbocycles. The number of ether oxygens (including phenoxy) is 1. The molecule has 0 aliphatic heterocycles. The summed E-state index contributed by atoms with van der Waals surface area (Å²) >= 11 is 0. The summed E-state index contributed by atoms with van der Waals surface area (Å²) in [5.74, 6) is 0.390. The van der Waals surface area contributed by atoms with Gasteiger partial charge >= 0.3 is 5.97 Å². The summed E-state index contributed by atoms with van der Waals surface area (Å²) in [5.41, 5.74) is 0.934. The van der Waals surface area contributed by atoms with E-state index in [0.29, 0.717) is 12.5 Å². The van der Waals surface area contributed by atoms with Gasteiger partial charge in [0, 0.05) is 6.08 Å². The highest BCUT2D eigenvalue weighted by atomic mass is 16.5. The molecule has 0 saturated heterocycles. The van der Waals surface area contributed by atoms with Gasteiger partial charge in [0.15, 0.2) is 0 Å². The quantitative estimate of drug-likeness (QED) is 0.383. The molecular formula is C12H20O2. The first-order valence-corrected chi connectivity index (χ1v) is 5.07. The maximum atomic E-state index is 11.0. The standard InChI is InChI=1S/C12H20O2/c1-5-14-12(13)9-11(4)8-6-7-10(2)3/h6,8-10H,5,7H2,1-4H3/b8-6?,11-9-. The second-order valence-corrected chi connectivity index (χ2v) is 3.67. The smallest absolute Gasteiger partial charge is 0.330 e. The zero-order chi connectivity index (χ0) is 11.0. The number of rotatable bonds is 5. The van der Waals surface area contributed by atoms with Crippen LogP contribution in [0, 0.1) is 5.92 Å². The molecule has 0 N–H and O–H groups in total. The van der Waals surface area contributed by atoms with Gasteiger partial charge in [-0.15, -0.1) is 0 Å². The van der Waals surface area contributed by atoms with Crippen LogP contribution >= 0.6 is 0 Å². The van der Waals surface area contributed by atoms with Crippen molar-refractivity contribution < 1.29 is 9.53 Å². The average Bonchev–Trinajstić information content (AvgIpc) is 2.03. The zero-order valence-electron chi connectivity index (χ0n) is 9.54. The van der Waals surface area contributed by atoms with Gasteiger partial charge in [-0.2, -0.15) is 0 Å². The lowest BCUT2D eigenvalue weighted by atomic mass is 10.1. The van der Waals surface area contributed by atoms with E-state index < -0.39 is 0 Å². The zero-order valence-corrected chi connectivity index (χ0v) is 9.54. The summed E-state index contributed by atoms with van der Waals surface area (Å²) < 4.78 is 4.79. The molecule has 0 fully saturated rings. The Morgan fingerprint density at radius 3 is 2.57 bits per heavy atom. The van der Waals surface area contributed by atoms with Crippen molar-refractivity contribution >= 4 is 5.97 Å². The molecule has 0 rings (SSSR count). The number of carbonyl (C=O) groups is 1. The highest BCUT2D eigenvalue weighted by Crippen LogP contribution is 2.03. The van der Waals surface area contributed by atoms with E-state index in [1.54, 1.807) is 6.92 Å². The molecule has 0 aromatic carbocycles. The van der Waals surface area contributed by atoms with Crippen molar-refractivity contribution in [2.45, 2.75) is 34.1 Å². The lowest BCUT2D eigenvalue weighted by Gasteiger charge is -1.98. The fraction of sp³-hybridized carbons (Fsp3) is 0.583. The number of allylic oxidation sites excluding steroid dienone is 3. The summed E-state index contributed by atoms with van der Waals surface area (Å²) in [7, 11) is 0. The third-order valence-electron chi connectivity index (χ3n) is 1.62. The highest BCUT2D eigenvalue weighted by molar-refractivity contribution is 5.83. The minimum absolute atomic E-state index is 0.265. The molecule has 0 radical (unpaired) electrons. The van der Waals surface area contributed by atoms with E-state index >= 15 is 0 Å². The van der Waals surface area contributed by atoms with Gasteiger partial charge in [-0.25, -0.2) is 4.79 Å². The number of carbonyl (C=O) groups excluding carboxylic acids is 1. The fourth-order valence-corrected chi connectivity index (χ4v) is 0.944. The normalized spacial score (nSPS) is 12.5. The van der Waals surface area contributed by atoms with Crippen LogP contribution in [0.2, 0.25) is 0 Å². The van der Waals surface area contributed by atoms with Crippen molar-refractivity contribution in [1.82, 2.24) is 0 Å². The maximum absolute atomic E-state index is 11.0. The van der Waals surface area contributed by atoms with Crippen molar-refractivity contribution in [3.63, 3.8) is 0 Å². The third-order valence-corrected chi connectivity index (χ3v) is 1.62. The fourth-order valence-electron chi connectivity index (χ4n) is 0.944. The lowest BCUT2D eigenvalue weighted by Crippen LogP contribution is -1.99. The number of esters is 1. The number of hydrogen-bond donors (Lipinski definition) is 0. The van der Waals surface area contributed by atoms with Crippen LogP contribution < -0.4 is 0 Å². The lowest BCUT2D eigenvalue weighted by molar-refractivity contribution is -0.137. The van der Waals surface area contributed by atoms with Crippen molar-refractivity contribution in [1.29, 1.82) is 0 Å². The largest absolute Gasteiger partial charge is 0.463 e. The Bertz CT molecular complexity index is 224. The molecule has 2 heteroatoms. The highest BCUT2D eigenvalue weighted by Gasteiger charge is 1.95. The Balaban J connectivity index is 3.99. The summed E-state index contributed by atoms with van der Waals surface area (Å²) in [4.78, 5) is 11.0. The maximum Gasteiger partial charge on any atom is 0.330 e. The molecule has 0 unspecified atom stereocenters. The SMILES string of the molecule is CCOC(=O)/C=C(/C)C=CCC(C)C. The van der Waals surface area contributed by atoms with Gasteiger partial charge in [-0.3, -0.25) is 0 Å². The molecule has 0 amide bonds. The topological polar surface area (TPSA) is 26.3 Å². The van der Waals surface area contributed by atoms with Gasteiger partial charge in [0.25, 0.3) is 0 Å². The molecule has 0 atom stereocenters. The van der Waals surface area contributed by atoms with E-state index in [1.807, 2.05) is 13.0 Å². The van der Waals surface area contributed by atoms with E-state index in [0.717, 1.165) is 12.0 Å². The Hall–Kier alpha value is -1.05. The van der Waals surface area contributed by atoms with Crippen LogP contribution in [0.1, 0.15) is 34.1 Å². The monoisotopic (exact) mass is 196 g/mol. The minimum Gasteiger partial charge on any atom is -0.463 e. The second-order valence-electron chi connectivity index (χ2n) is 3.67. The molecular weight excluding hydrogens is 176 g/mol. The van der Waals surface area contributed by atoms with Crippen LogP contribution in [0.3, 0.4) is 0 Å². The Labute approximate surface area is 86.6 Å². The summed E-state index contributed by atoms with van der Waals surface area (Å²) in [6.07, 6.45) is 6.58. The van der Waals surface area contributed by atoms with Gasteiger partial charge in [0.2, 0.25) is 0 Å². The molecule has 14 heavy (non-hydrogen) atoms. The van der Waals surface area contributed by atoms with Crippen LogP contribution in [-0.2, 0) is 9.53 Å². The van der Waals surface area contributed by atoms with E-state index in [9.17, 15) is 4.79 Å². The summed E-state index contributed by atoms with van der Waals surface area (Å²) in [6, 6.07) is 0. The molecule has 0 aliphatic rings. The molecule has 0 aliphatic carbocycles. The van der Waals surface area contributed by atoms with Gasteiger partial charge in [-0.1, -0.05) is 26.0 Å². The number of hydrogen-bond acceptors (Lipinski definition) is 2.